The van der Waals surface area contributed by atoms with Gasteiger partial charge in [0.2, 0.25) is 5.91 Å². The van der Waals surface area contributed by atoms with E-state index in [1.807, 2.05) is 0 Å². The normalized spacial score (nSPS) is 20.1. The van der Waals surface area contributed by atoms with Crippen LogP contribution in [0.25, 0.3) is 0 Å². The van der Waals surface area contributed by atoms with Crippen molar-refractivity contribution in [2.45, 2.75) is 38.3 Å². The smallest absolute Gasteiger partial charge is 0.234 e. The molecule has 0 aromatic heterocycles. The zero-order chi connectivity index (χ0) is 16.4. The molecule has 1 N–H and O–H groups in total. The number of carbonyl (C=O) groups is 1. The Balaban J connectivity index is 1.38. The quantitative estimate of drug-likeness (QED) is 0.941. The minimum atomic E-state index is 0.149. The van der Waals surface area contributed by atoms with Gasteiger partial charge in [-0.2, -0.15) is 0 Å². The van der Waals surface area contributed by atoms with Gasteiger partial charge in [-0.3, -0.25) is 9.69 Å². The van der Waals surface area contributed by atoms with E-state index in [9.17, 15) is 4.79 Å². The van der Waals surface area contributed by atoms with Crippen LogP contribution in [-0.2, 0) is 24.2 Å². The van der Waals surface area contributed by atoms with Crippen LogP contribution in [0.4, 0.5) is 0 Å². The van der Waals surface area contributed by atoms with Gasteiger partial charge in [-0.15, -0.1) is 0 Å². The van der Waals surface area contributed by atoms with Crippen molar-refractivity contribution < 1.29 is 4.79 Å². The maximum Gasteiger partial charge on any atom is 0.234 e. The highest BCUT2D eigenvalue weighted by Crippen LogP contribution is 2.29. The molecule has 0 radical (unpaired) electrons. The van der Waals surface area contributed by atoms with Crippen molar-refractivity contribution in [1.29, 1.82) is 0 Å². The Morgan fingerprint density at radius 2 is 1.75 bits per heavy atom. The predicted octanol–water partition coefficient (Wildman–Crippen LogP) is 3.24. The summed E-state index contributed by atoms with van der Waals surface area (Å²) in [6.45, 7) is 2.34. The Bertz CT molecular complexity index is 740. The van der Waals surface area contributed by atoms with Crippen LogP contribution in [0.3, 0.4) is 0 Å². The molecule has 1 aliphatic heterocycles. The third kappa shape index (κ3) is 3.22. The molecule has 0 bridgehead atoms. The number of fused-ring (bicyclic) bond motifs is 2. The molecule has 0 saturated heterocycles. The van der Waals surface area contributed by atoms with Gasteiger partial charge >= 0.3 is 0 Å². The van der Waals surface area contributed by atoms with Gasteiger partial charge in [0.25, 0.3) is 0 Å². The van der Waals surface area contributed by atoms with Crippen LogP contribution in [0.1, 0.15) is 41.1 Å². The largest absolute Gasteiger partial charge is 0.348 e. The SMILES string of the molecule is O=C(CN1CCc2ccccc2C1)N[C@H]1CCCc2ccccc21. The zero-order valence-electron chi connectivity index (χ0n) is 14.0. The summed E-state index contributed by atoms with van der Waals surface area (Å²) >= 11 is 0. The first kappa shape index (κ1) is 15.4. The number of hydrogen-bond acceptors (Lipinski definition) is 2. The fourth-order valence-corrected chi connectivity index (χ4v) is 4.04. The summed E-state index contributed by atoms with van der Waals surface area (Å²) in [5, 5.41) is 3.27. The van der Waals surface area contributed by atoms with E-state index in [0.717, 1.165) is 38.8 Å². The van der Waals surface area contributed by atoms with Gasteiger partial charge < -0.3 is 5.32 Å². The molecule has 2 aliphatic rings. The van der Waals surface area contributed by atoms with Crippen LogP contribution in [0, 0.1) is 0 Å². The third-order valence-electron chi connectivity index (χ3n) is 5.28. The lowest BCUT2D eigenvalue weighted by atomic mass is 9.88. The van der Waals surface area contributed by atoms with Gasteiger partial charge in [0.05, 0.1) is 12.6 Å². The molecule has 2 aromatic rings. The monoisotopic (exact) mass is 320 g/mol. The van der Waals surface area contributed by atoms with E-state index in [4.69, 9.17) is 0 Å². The highest BCUT2D eigenvalue weighted by atomic mass is 16.2. The topological polar surface area (TPSA) is 32.3 Å². The summed E-state index contributed by atoms with van der Waals surface area (Å²) in [6.07, 6.45) is 4.37. The van der Waals surface area contributed by atoms with Gasteiger partial charge in [-0.05, 0) is 47.9 Å². The molecule has 1 heterocycles. The molecule has 1 aliphatic carbocycles. The van der Waals surface area contributed by atoms with E-state index in [2.05, 4.69) is 58.7 Å². The Morgan fingerprint density at radius 1 is 1.00 bits per heavy atom. The lowest BCUT2D eigenvalue weighted by Crippen LogP contribution is -2.41. The number of nitrogens with zero attached hydrogens (tertiary/aromatic N) is 1. The molecular weight excluding hydrogens is 296 g/mol. The van der Waals surface area contributed by atoms with Crippen molar-refractivity contribution in [1.82, 2.24) is 10.2 Å². The van der Waals surface area contributed by atoms with Crippen molar-refractivity contribution in [2.75, 3.05) is 13.1 Å². The highest BCUT2D eigenvalue weighted by molar-refractivity contribution is 5.78. The lowest BCUT2D eigenvalue weighted by Gasteiger charge is -2.30. The van der Waals surface area contributed by atoms with Crippen LogP contribution in [-0.4, -0.2) is 23.9 Å². The summed E-state index contributed by atoms with van der Waals surface area (Å²) in [5.41, 5.74) is 5.48. The lowest BCUT2D eigenvalue weighted by molar-refractivity contribution is -0.123. The predicted molar refractivity (Wildman–Crippen MR) is 95.7 cm³/mol. The molecule has 0 unspecified atom stereocenters. The molecule has 1 amide bonds. The molecule has 3 nitrogen and oxygen atoms in total. The van der Waals surface area contributed by atoms with Crippen molar-refractivity contribution in [3.05, 3.63) is 70.8 Å². The van der Waals surface area contributed by atoms with Crippen molar-refractivity contribution in [2.24, 2.45) is 0 Å². The molecule has 2 aromatic carbocycles. The number of nitrogens with one attached hydrogen (secondary N) is 1. The first-order valence-electron chi connectivity index (χ1n) is 8.96. The molecular formula is C21H24N2O. The molecule has 0 fully saturated rings. The number of rotatable bonds is 3. The van der Waals surface area contributed by atoms with Gasteiger partial charge in [0.1, 0.15) is 0 Å². The van der Waals surface area contributed by atoms with E-state index in [1.165, 1.54) is 22.3 Å². The van der Waals surface area contributed by atoms with E-state index in [0.29, 0.717) is 6.54 Å². The van der Waals surface area contributed by atoms with Gasteiger partial charge in [-0.25, -0.2) is 0 Å². The molecule has 24 heavy (non-hydrogen) atoms. The van der Waals surface area contributed by atoms with Crippen LogP contribution >= 0.6 is 0 Å². The van der Waals surface area contributed by atoms with E-state index >= 15 is 0 Å². The fraction of sp³-hybridized carbons (Fsp3) is 0.381. The van der Waals surface area contributed by atoms with Crippen LogP contribution < -0.4 is 5.32 Å². The molecule has 0 spiro atoms. The number of aryl methyl sites for hydroxylation is 1. The minimum absolute atomic E-state index is 0.149. The Morgan fingerprint density at radius 3 is 2.62 bits per heavy atom. The maximum absolute atomic E-state index is 12.5. The second-order valence-corrected chi connectivity index (χ2v) is 6.94. The Hall–Kier alpha value is -2.13. The van der Waals surface area contributed by atoms with E-state index in [1.54, 1.807) is 0 Å². The standard InChI is InChI=1S/C21H24N2O/c24-21(15-23-13-12-16-6-1-2-8-18(16)14-23)22-20-11-5-9-17-7-3-4-10-19(17)20/h1-4,6-8,10,20H,5,9,11-15H2,(H,22,24)/t20-/m0/s1. The van der Waals surface area contributed by atoms with Crippen LogP contribution in [0.15, 0.2) is 48.5 Å². The summed E-state index contributed by atoms with van der Waals surface area (Å²) in [4.78, 5) is 14.8. The summed E-state index contributed by atoms with van der Waals surface area (Å²) < 4.78 is 0. The fourth-order valence-electron chi connectivity index (χ4n) is 4.04. The summed E-state index contributed by atoms with van der Waals surface area (Å²) in [6, 6.07) is 17.3. The number of benzene rings is 2. The summed E-state index contributed by atoms with van der Waals surface area (Å²) in [7, 11) is 0. The number of carbonyl (C=O) groups excluding carboxylic acids is 1. The van der Waals surface area contributed by atoms with Crippen LogP contribution in [0.2, 0.25) is 0 Å². The third-order valence-corrected chi connectivity index (χ3v) is 5.28. The second kappa shape index (κ2) is 6.78. The van der Waals surface area contributed by atoms with Gasteiger partial charge in [-0.1, -0.05) is 48.5 Å². The number of hydrogen-bond donors (Lipinski definition) is 1. The molecule has 0 saturated carbocycles. The minimum Gasteiger partial charge on any atom is -0.348 e. The van der Waals surface area contributed by atoms with Crippen molar-refractivity contribution in [3.8, 4) is 0 Å². The van der Waals surface area contributed by atoms with Crippen molar-refractivity contribution in [3.63, 3.8) is 0 Å². The van der Waals surface area contributed by atoms with Crippen molar-refractivity contribution >= 4 is 5.91 Å². The zero-order valence-corrected chi connectivity index (χ0v) is 14.0. The van der Waals surface area contributed by atoms with Gasteiger partial charge in [0.15, 0.2) is 0 Å². The van der Waals surface area contributed by atoms with Crippen LogP contribution in [0.5, 0.6) is 0 Å². The first-order valence-corrected chi connectivity index (χ1v) is 8.96. The molecule has 4 rings (SSSR count). The highest BCUT2D eigenvalue weighted by Gasteiger charge is 2.23. The maximum atomic E-state index is 12.5. The number of amides is 1. The average Bonchev–Trinajstić information content (AvgIpc) is 2.62. The van der Waals surface area contributed by atoms with E-state index < -0.39 is 0 Å². The molecule has 124 valence electrons. The molecule has 1 atom stereocenters. The average molecular weight is 320 g/mol. The second-order valence-electron chi connectivity index (χ2n) is 6.94. The summed E-state index contributed by atoms with van der Waals surface area (Å²) in [5.74, 6) is 0.149. The van der Waals surface area contributed by atoms with E-state index in [-0.39, 0.29) is 11.9 Å². The molecule has 3 heteroatoms. The first-order chi connectivity index (χ1) is 11.8. The Labute approximate surface area is 143 Å². The van der Waals surface area contributed by atoms with Gasteiger partial charge in [0, 0.05) is 13.1 Å². The Kier molecular flexibility index (Phi) is 4.35.